The van der Waals surface area contributed by atoms with Crippen LogP contribution in [0.1, 0.15) is 29.9 Å². The molecule has 6 heteroatoms. The summed E-state index contributed by atoms with van der Waals surface area (Å²) in [6.07, 6.45) is 0. The molecule has 126 valence electrons. The number of halogens is 2. The average molecular weight is 409 g/mol. The maximum absolute atomic E-state index is 14.1. The third-order valence-electron chi connectivity index (χ3n) is 3.77. The van der Waals surface area contributed by atoms with E-state index < -0.39 is 0 Å². The summed E-state index contributed by atoms with van der Waals surface area (Å²) in [5.41, 5.74) is 2.05. The van der Waals surface area contributed by atoms with Crippen molar-refractivity contribution in [2.24, 2.45) is 5.92 Å². The van der Waals surface area contributed by atoms with Crippen molar-refractivity contribution < 1.29 is 9.18 Å². The molecule has 0 spiro atoms. The van der Waals surface area contributed by atoms with E-state index in [9.17, 15) is 9.18 Å². The fourth-order valence-electron chi connectivity index (χ4n) is 2.57. The average Bonchev–Trinajstić information content (AvgIpc) is 3.08. The van der Waals surface area contributed by atoms with Gasteiger partial charge in [0.2, 0.25) is 0 Å². The van der Waals surface area contributed by atoms with Crippen LogP contribution >= 0.6 is 27.3 Å². The summed E-state index contributed by atoms with van der Waals surface area (Å²) in [4.78, 5) is 12.6. The molecule has 3 rings (SSSR count). The number of fused-ring (bicyclic) bond motifs is 1. The molecule has 0 atom stereocenters. The van der Waals surface area contributed by atoms with Crippen LogP contribution in [0.2, 0.25) is 0 Å². The highest BCUT2D eigenvalue weighted by Gasteiger charge is 2.19. The van der Waals surface area contributed by atoms with Gasteiger partial charge in [0.15, 0.2) is 0 Å². The monoisotopic (exact) mass is 408 g/mol. The molecular formula is C18H18BrFN2OS. The van der Waals surface area contributed by atoms with Gasteiger partial charge >= 0.3 is 0 Å². The topological polar surface area (TPSA) is 34.0 Å². The molecule has 3 nitrogen and oxygen atoms in total. The largest absolute Gasteiger partial charge is 0.351 e. The molecule has 0 aliphatic heterocycles. The summed E-state index contributed by atoms with van der Waals surface area (Å²) in [6.45, 7) is 5.02. The van der Waals surface area contributed by atoms with E-state index in [0.717, 1.165) is 14.7 Å². The standard InChI is InChI=1S/C18H18BrFN2OS/c1-11(2)8-21-18(23)15-7-16-17(13(19)10-24-16)22(15)9-12-5-3-4-6-14(12)20/h3-7,10-11H,8-9H2,1-2H3,(H,21,23). The fourth-order valence-corrected chi connectivity index (χ4v) is 4.26. The SMILES string of the molecule is CC(C)CNC(=O)c1cc2scc(Br)c2n1Cc1ccccc1F. The van der Waals surface area contributed by atoms with Crippen molar-refractivity contribution in [1.82, 2.24) is 9.88 Å². The minimum atomic E-state index is -0.265. The highest BCUT2D eigenvalue weighted by Crippen LogP contribution is 2.34. The number of hydrogen-bond donors (Lipinski definition) is 1. The van der Waals surface area contributed by atoms with Crippen LogP contribution in [0.5, 0.6) is 0 Å². The molecule has 0 fully saturated rings. The van der Waals surface area contributed by atoms with Crippen molar-refractivity contribution in [2.45, 2.75) is 20.4 Å². The van der Waals surface area contributed by atoms with Gasteiger partial charge in [0.1, 0.15) is 11.5 Å². The first-order valence-corrected chi connectivity index (χ1v) is 9.42. The van der Waals surface area contributed by atoms with Crippen LogP contribution < -0.4 is 5.32 Å². The van der Waals surface area contributed by atoms with Crippen molar-refractivity contribution in [3.63, 3.8) is 0 Å². The molecular weight excluding hydrogens is 391 g/mol. The smallest absolute Gasteiger partial charge is 0.267 e. The third-order valence-corrected chi connectivity index (χ3v) is 5.59. The third kappa shape index (κ3) is 3.39. The lowest BCUT2D eigenvalue weighted by atomic mass is 10.2. The predicted molar refractivity (Wildman–Crippen MR) is 100 cm³/mol. The van der Waals surface area contributed by atoms with E-state index in [1.165, 1.54) is 6.07 Å². The number of hydrogen-bond acceptors (Lipinski definition) is 2. The zero-order chi connectivity index (χ0) is 17.3. The minimum absolute atomic E-state index is 0.129. The quantitative estimate of drug-likeness (QED) is 0.630. The van der Waals surface area contributed by atoms with Crippen molar-refractivity contribution in [3.05, 3.63) is 57.3 Å². The van der Waals surface area contributed by atoms with Crippen LogP contribution in [0.4, 0.5) is 4.39 Å². The van der Waals surface area contributed by atoms with E-state index >= 15 is 0 Å². The van der Waals surface area contributed by atoms with Crippen molar-refractivity contribution in [1.29, 1.82) is 0 Å². The maximum Gasteiger partial charge on any atom is 0.267 e. The predicted octanol–water partition coefficient (Wildman–Crippen LogP) is 5.04. The Morgan fingerprint density at radius 3 is 2.83 bits per heavy atom. The molecule has 0 aliphatic carbocycles. The number of aromatic nitrogens is 1. The van der Waals surface area contributed by atoms with Gasteiger partial charge in [-0.3, -0.25) is 4.79 Å². The highest BCUT2D eigenvalue weighted by molar-refractivity contribution is 9.10. The number of carbonyl (C=O) groups is 1. The van der Waals surface area contributed by atoms with E-state index in [0.29, 0.717) is 30.3 Å². The van der Waals surface area contributed by atoms with E-state index in [-0.39, 0.29) is 11.7 Å². The molecule has 0 aliphatic rings. The molecule has 1 N–H and O–H groups in total. The maximum atomic E-state index is 14.1. The summed E-state index contributed by atoms with van der Waals surface area (Å²) in [7, 11) is 0. The van der Waals surface area contributed by atoms with Gasteiger partial charge in [0.05, 0.1) is 21.2 Å². The number of nitrogens with zero attached hydrogens (tertiary/aromatic N) is 1. The van der Waals surface area contributed by atoms with Gasteiger partial charge in [-0.05, 0) is 34.0 Å². The van der Waals surface area contributed by atoms with Crippen LogP contribution in [0, 0.1) is 11.7 Å². The van der Waals surface area contributed by atoms with Gasteiger partial charge in [-0.15, -0.1) is 11.3 Å². The summed E-state index contributed by atoms with van der Waals surface area (Å²) in [6, 6.07) is 8.54. The molecule has 3 aromatic rings. The lowest BCUT2D eigenvalue weighted by molar-refractivity contribution is 0.0940. The van der Waals surface area contributed by atoms with Gasteiger partial charge < -0.3 is 9.88 Å². The van der Waals surface area contributed by atoms with Gasteiger partial charge in [-0.25, -0.2) is 4.39 Å². The Labute approximate surface area is 152 Å². The Morgan fingerprint density at radius 2 is 2.12 bits per heavy atom. The van der Waals surface area contributed by atoms with Crippen LogP contribution in [0.3, 0.4) is 0 Å². The van der Waals surface area contributed by atoms with E-state index in [1.54, 1.807) is 29.5 Å². The number of rotatable bonds is 5. The molecule has 2 aromatic heterocycles. The molecule has 0 bridgehead atoms. The normalized spacial score (nSPS) is 11.4. The number of benzene rings is 1. The Balaban J connectivity index is 2.03. The Morgan fingerprint density at radius 1 is 1.38 bits per heavy atom. The van der Waals surface area contributed by atoms with E-state index in [1.807, 2.05) is 29.9 Å². The minimum Gasteiger partial charge on any atom is -0.351 e. The first-order valence-electron chi connectivity index (χ1n) is 7.75. The first kappa shape index (κ1) is 17.2. The number of amides is 1. The van der Waals surface area contributed by atoms with E-state index in [2.05, 4.69) is 21.2 Å². The second kappa shape index (κ2) is 7.07. The second-order valence-corrected chi connectivity index (χ2v) is 7.87. The van der Waals surface area contributed by atoms with Crippen molar-refractivity contribution in [3.8, 4) is 0 Å². The number of nitrogens with one attached hydrogen (secondary N) is 1. The molecule has 0 radical (unpaired) electrons. The molecule has 1 amide bonds. The number of thiophene rings is 1. The first-order chi connectivity index (χ1) is 11.5. The van der Waals surface area contributed by atoms with E-state index in [4.69, 9.17) is 0 Å². The molecule has 0 saturated heterocycles. The van der Waals surface area contributed by atoms with Gasteiger partial charge in [0.25, 0.3) is 5.91 Å². The van der Waals surface area contributed by atoms with Crippen LogP contribution in [-0.4, -0.2) is 17.0 Å². The van der Waals surface area contributed by atoms with Gasteiger partial charge in [-0.1, -0.05) is 32.0 Å². The Hall–Kier alpha value is -1.66. The Bertz CT molecular complexity index is 884. The zero-order valence-electron chi connectivity index (χ0n) is 13.5. The molecule has 24 heavy (non-hydrogen) atoms. The molecule has 0 unspecified atom stereocenters. The lowest BCUT2D eigenvalue weighted by Gasteiger charge is -2.13. The fraction of sp³-hybridized carbons (Fsp3) is 0.278. The van der Waals surface area contributed by atoms with Crippen molar-refractivity contribution in [2.75, 3.05) is 6.54 Å². The van der Waals surface area contributed by atoms with Crippen LogP contribution in [-0.2, 0) is 6.54 Å². The molecule has 1 aromatic carbocycles. The zero-order valence-corrected chi connectivity index (χ0v) is 15.9. The summed E-state index contributed by atoms with van der Waals surface area (Å²) in [5.74, 6) is -0.0219. The summed E-state index contributed by atoms with van der Waals surface area (Å²) < 4.78 is 17.9. The van der Waals surface area contributed by atoms with Gasteiger partial charge in [0, 0.05) is 17.5 Å². The highest BCUT2D eigenvalue weighted by atomic mass is 79.9. The van der Waals surface area contributed by atoms with Crippen molar-refractivity contribution >= 4 is 43.4 Å². The summed E-state index contributed by atoms with van der Waals surface area (Å²) in [5, 5.41) is 4.93. The van der Waals surface area contributed by atoms with Crippen LogP contribution in [0.25, 0.3) is 10.2 Å². The Kier molecular flexibility index (Phi) is 5.06. The van der Waals surface area contributed by atoms with Crippen LogP contribution in [0.15, 0.2) is 40.2 Å². The lowest BCUT2D eigenvalue weighted by Crippen LogP contribution is -2.29. The molecule has 0 saturated carbocycles. The van der Waals surface area contributed by atoms with Gasteiger partial charge in [-0.2, -0.15) is 0 Å². The molecule has 2 heterocycles. The number of carbonyl (C=O) groups excluding carboxylic acids is 1. The second-order valence-electron chi connectivity index (χ2n) is 6.11. The summed E-state index contributed by atoms with van der Waals surface area (Å²) >= 11 is 5.10.